The first-order chi connectivity index (χ1) is 9.66. The lowest BCUT2D eigenvalue weighted by molar-refractivity contribution is -0.0277. The van der Waals surface area contributed by atoms with Crippen molar-refractivity contribution < 1.29 is 4.74 Å². The summed E-state index contributed by atoms with van der Waals surface area (Å²) in [5.74, 6) is 0. The third-order valence-corrected chi connectivity index (χ3v) is 3.85. The third kappa shape index (κ3) is 4.87. The van der Waals surface area contributed by atoms with Crippen LogP contribution in [0, 0.1) is 0 Å². The molecule has 21 heavy (non-hydrogen) atoms. The van der Waals surface area contributed by atoms with Gasteiger partial charge in [0.2, 0.25) is 0 Å². The normalized spacial score (nSPS) is 18.9. The lowest BCUT2D eigenvalue weighted by atomic mass is 10.0. The molecule has 1 heterocycles. The molecule has 0 amide bonds. The van der Waals surface area contributed by atoms with E-state index in [1.54, 1.807) is 0 Å². The van der Waals surface area contributed by atoms with Gasteiger partial charge in [0.1, 0.15) is 0 Å². The fourth-order valence-corrected chi connectivity index (χ4v) is 2.78. The minimum Gasteiger partial charge on any atom is -0.372 e. The fourth-order valence-electron chi connectivity index (χ4n) is 2.59. The predicted molar refractivity (Wildman–Crippen MR) is 90.3 cm³/mol. The van der Waals surface area contributed by atoms with Crippen LogP contribution in [0.25, 0.3) is 0 Å². The number of nitrogens with one attached hydrogen (secondary N) is 1. The van der Waals surface area contributed by atoms with Crippen LogP contribution in [0.15, 0.2) is 18.2 Å². The van der Waals surface area contributed by atoms with Gasteiger partial charge < -0.3 is 15.0 Å². The maximum atomic E-state index is 6.19. The van der Waals surface area contributed by atoms with E-state index in [1.165, 1.54) is 11.3 Å². The molecule has 1 saturated heterocycles. The molecule has 2 rings (SSSR count). The Labute approximate surface area is 133 Å². The summed E-state index contributed by atoms with van der Waals surface area (Å²) in [5, 5.41) is 4.34. The largest absolute Gasteiger partial charge is 0.372 e. The van der Waals surface area contributed by atoms with E-state index in [0.717, 1.165) is 31.3 Å². The lowest BCUT2D eigenvalue weighted by Crippen LogP contribution is -2.48. The van der Waals surface area contributed by atoms with Gasteiger partial charge in [-0.3, -0.25) is 0 Å². The SMILES string of the molecule is CC(C)(C)NCc1cc(Cl)ccc1N1CCOC(C)(C)C1. The third-order valence-electron chi connectivity index (χ3n) is 3.62. The summed E-state index contributed by atoms with van der Waals surface area (Å²) >= 11 is 6.19. The molecule has 1 aromatic carbocycles. The van der Waals surface area contributed by atoms with Crippen LogP contribution in [0.3, 0.4) is 0 Å². The van der Waals surface area contributed by atoms with Crippen LogP contribution in [0.5, 0.6) is 0 Å². The molecule has 0 spiro atoms. The van der Waals surface area contributed by atoms with Crippen molar-refractivity contribution in [2.24, 2.45) is 0 Å². The molecule has 118 valence electrons. The second-order valence-electron chi connectivity index (χ2n) is 7.41. The van der Waals surface area contributed by atoms with E-state index in [9.17, 15) is 0 Å². The summed E-state index contributed by atoms with van der Waals surface area (Å²) < 4.78 is 5.81. The zero-order valence-corrected chi connectivity index (χ0v) is 14.5. The predicted octanol–water partition coefficient (Wildman–Crippen LogP) is 3.84. The quantitative estimate of drug-likeness (QED) is 0.918. The van der Waals surface area contributed by atoms with Crippen molar-refractivity contribution >= 4 is 17.3 Å². The van der Waals surface area contributed by atoms with E-state index in [4.69, 9.17) is 16.3 Å². The summed E-state index contributed by atoms with van der Waals surface area (Å²) in [6, 6.07) is 6.17. The number of anilines is 1. The molecule has 0 aromatic heterocycles. The highest BCUT2D eigenvalue weighted by molar-refractivity contribution is 6.30. The second-order valence-corrected chi connectivity index (χ2v) is 7.84. The van der Waals surface area contributed by atoms with Crippen molar-refractivity contribution in [1.82, 2.24) is 5.32 Å². The molecule has 0 bridgehead atoms. The van der Waals surface area contributed by atoms with E-state index in [-0.39, 0.29) is 11.1 Å². The van der Waals surface area contributed by atoms with Crippen LogP contribution in [-0.2, 0) is 11.3 Å². The standard InChI is InChI=1S/C17H27ClN2O/c1-16(2,3)19-11-13-10-14(18)6-7-15(13)20-8-9-21-17(4,5)12-20/h6-7,10,19H,8-9,11-12H2,1-5H3. The van der Waals surface area contributed by atoms with Crippen LogP contribution in [-0.4, -0.2) is 30.8 Å². The van der Waals surface area contributed by atoms with Gasteiger partial charge in [0.15, 0.2) is 0 Å². The number of benzene rings is 1. The zero-order chi connectivity index (χ0) is 15.7. The topological polar surface area (TPSA) is 24.5 Å². The maximum absolute atomic E-state index is 6.19. The Morgan fingerprint density at radius 3 is 2.67 bits per heavy atom. The summed E-state index contributed by atoms with van der Waals surface area (Å²) in [5.41, 5.74) is 2.49. The zero-order valence-electron chi connectivity index (χ0n) is 13.8. The first-order valence-electron chi connectivity index (χ1n) is 7.59. The number of morpholine rings is 1. The van der Waals surface area contributed by atoms with Crippen molar-refractivity contribution in [3.8, 4) is 0 Å². The number of halogens is 1. The number of hydrogen-bond donors (Lipinski definition) is 1. The first kappa shape index (κ1) is 16.6. The summed E-state index contributed by atoms with van der Waals surface area (Å²) in [4.78, 5) is 2.40. The van der Waals surface area contributed by atoms with E-state index < -0.39 is 0 Å². The van der Waals surface area contributed by atoms with Gasteiger partial charge >= 0.3 is 0 Å². The fraction of sp³-hybridized carbons (Fsp3) is 0.647. The Hall–Kier alpha value is -0.770. The van der Waals surface area contributed by atoms with Crippen molar-refractivity contribution in [3.05, 3.63) is 28.8 Å². The minimum atomic E-state index is -0.105. The van der Waals surface area contributed by atoms with E-state index in [0.29, 0.717) is 0 Å². The number of hydrogen-bond acceptors (Lipinski definition) is 3. The van der Waals surface area contributed by atoms with E-state index >= 15 is 0 Å². The number of ether oxygens (including phenoxy) is 1. The number of rotatable bonds is 3. The van der Waals surface area contributed by atoms with Crippen molar-refractivity contribution in [1.29, 1.82) is 0 Å². The average Bonchev–Trinajstić information content (AvgIpc) is 2.34. The molecule has 1 fully saturated rings. The molecule has 0 radical (unpaired) electrons. The first-order valence-corrected chi connectivity index (χ1v) is 7.96. The Kier molecular flexibility index (Phi) is 4.86. The van der Waals surface area contributed by atoms with Crippen molar-refractivity contribution in [2.75, 3.05) is 24.6 Å². The molecule has 3 nitrogen and oxygen atoms in total. The van der Waals surface area contributed by atoms with Crippen molar-refractivity contribution in [2.45, 2.75) is 52.3 Å². The van der Waals surface area contributed by atoms with E-state index in [1.807, 2.05) is 6.07 Å². The molecule has 4 heteroatoms. The van der Waals surface area contributed by atoms with Gasteiger partial charge in [0.25, 0.3) is 0 Å². The molecule has 1 aromatic rings. The highest BCUT2D eigenvalue weighted by Crippen LogP contribution is 2.28. The smallest absolute Gasteiger partial charge is 0.0801 e. The van der Waals surface area contributed by atoms with Gasteiger partial charge in [-0.2, -0.15) is 0 Å². The van der Waals surface area contributed by atoms with Crippen molar-refractivity contribution in [3.63, 3.8) is 0 Å². The molecule has 0 unspecified atom stereocenters. The molecule has 0 saturated carbocycles. The second kappa shape index (κ2) is 6.15. The van der Waals surface area contributed by atoms with Gasteiger partial charge in [-0.1, -0.05) is 11.6 Å². The van der Waals surface area contributed by atoms with E-state index in [2.05, 4.69) is 57.0 Å². The average molecular weight is 311 g/mol. The molecular formula is C17H27ClN2O. The Morgan fingerprint density at radius 1 is 1.33 bits per heavy atom. The highest BCUT2D eigenvalue weighted by Gasteiger charge is 2.28. The monoisotopic (exact) mass is 310 g/mol. The van der Waals surface area contributed by atoms with Crippen LogP contribution >= 0.6 is 11.6 Å². The Morgan fingerprint density at radius 2 is 2.05 bits per heavy atom. The van der Waals surface area contributed by atoms with Crippen LogP contribution in [0.4, 0.5) is 5.69 Å². The molecule has 1 aliphatic rings. The summed E-state index contributed by atoms with van der Waals surface area (Å²) in [7, 11) is 0. The van der Waals surface area contributed by atoms with Crippen LogP contribution in [0.2, 0.25) is 5.02 Å². The van der Waals surface area contributed by atoms with Gasteiger partial charge in [-0.15, -0.1) is 0 Å². The van der Waals surface area contributed by atoms with Crippen LogP contribution < -0.4 is 10.2 Å². The summed E-state index contributed by atoms with van der Waals surface area (Å²) in [6.45, 7) is 14.2. The Balaban J connectivity index is 2.22. The van der Waals surface area contributed by atoms with Gasteiger partial charge in [-0.05, 0) is 58.4 Å². The number of nitrogens with zero attached hydrogens (tertiary/aromatic N) is 1. The van der Waals surface area contributed by atoms with Crippen LogP contribution in [0.1, 0.15) is 40.2 Å². The lowest BCUT2D eigenvalue weighted by Gasteiger charge is -2.40. The highest BCUT2D eigenvalue weighted by atomic mass is 35.5. The minimum absolute atomic E-state index is 0.0872. The molecular weight excluding hydrogens is 284 g/mol. The van der Waals surface area contributed by atoms with Gasteiger partial charge in [0.05, 0.1) is 12.2 Å². The molecule has 0 atom stereocenters. The maximum Gasteiger partial charge on any atom is 0.0801 e. The molecule has 1 N–H and O–H groups in total. The van der Waals surface area contributed by atoms with Gasteiger partial charge in [-0.25, -0.2) is 0 Å². The van der Waals surface area contributed by atoms with Gasteiger partial charge in [0, 0.05) is 35.9 Å². The molecule has 0 aliphatic carbocycles. The Bertz CT molecular complexity index is 494. The summed E-state index contributed by atoms with van der Waals surface area (Å²) in [6.07, 6.45) is 0. The molecule has 1 aliphatic heterocycles.